The fraction of sp³-hybridized carbons (Fsp3) is 0.923. The second kappa shape index (κ2) is 6.89. The zero-order valence-corrected chi connectivity index (χ0v) is 10.6. The average molecular weight is 227 g/mol. The molecule has 3 nitrogen and oxygen atoms in total. The predicted octanol–water partition coefficient (Wildman–Crippen LogP) is 2.75. The van der Waals surface area contributed by atoms with Crippen LogP contribution in [0.3, 0.4) is 0 Å². The number of aliphatic carboxylic acids is 1. The standard InChI is InChI=1S/C13H25NO2/c1-11(2)10-12(6-7-13(15)16)14-8-4-3-5-9-14/h11-12H,3-10H2,1-2H3,(H,15,16). The van der Waals surface area contributed by atoms with Gasteiger partial charge in [-0.05, 0) is 44.7 Å². The maximum Gasteiger partial charge on any atom is 0.303 e. The van der Waals surface area contributed by atoms with E-state index in [1.807, 2.05) is 0 Å². The summed E-state index contributed by atoms with van der Waals surface area (Å²) in [6.07, 6.45) is 6.15. The maximum absolute atomic E-state index is 10.7. The summed E-state index contributed by atoms with van der Waals surface area (Å²) in [5.74, 6) is -0.00788. The molecular weight excluding hydrogens is 202 g/mol. The van der Waals surface area contributed by atoms with Crippen LogP contribution in [-0.2, 0) is 4.79 Å². The van der Waals surface area contributed by atoms with Crippen LogP contribution in [-0.4, -0.2) is 35.1 Å². The van der Waals surface area contributed by atoms with E-state index in [-0.39, 0.29) is 0 Å². The van der Waals surface area contributed by atoms with E-state index < -0.39 is 5.97 Å². The van der Waals surface area contributed by atoms with Gasteiger partial charge in [0.25, 0.3) is 0 Å². The molecule has 94 valence electrons. The van der Waals surface area contributed by atoms with Gasteiger partial charge in [0.1, 0.15) is 0 Å². The van der Waals surface area contributed by atoms with Crippen molar-refractivity contribution < 1.29 is 9.90 Å². The Morgan fingerprint density at radius 1 is 1.25 bits per heavy atom. The van der Waals surface area contributed by atoms with Crippen molar-refractivity contribution >= 4 is 5.97 Å². The third kappa shape index (κ3) is 4.97. The summed E-state index contributed by atoms with van der Waals surface area (Å²) in [4.78, 5) is 13.2. The third-order valence-electron chi connectivity index (χ3n) is 3.34. The number of hydrogen-bond acceptors (Lipinski definition) is 2. The SMILES string of the molecule is CC(C)CC(CCC(=O)O)N1CCCCC1. The first-order valence-electron chi connectivity index (χ1n) is 6.55. The number of nitrogens with zero attached hydrogens (tertiary/aromatic N) is 1. The van der Waals surface area contributed by atoms with Gasteiger partial charge in [0.05, 0.1) is 0 Å². The van der Waals surface area contributed by atoms with Gasteiger partial charge in [-0.1, -0.05) is 20.3 Å². The second-order valence-electron chi connectivity index (χ2n) is 5.31. The van der Waals surface area contributed by atoms with E-state index in [2.05, 4.69) is 18.7 Å². The highest BCUT2D eigenvalue weighted by Crippen LogP contribution is 2.20. The first-order valence-corrected chi connectivity index (χ1v) is 6.55. The van der Waals surface area contributed by atoms with Gasteiger partial charge < -0.3 is 10.0 Å². The lowest BCUT2D eigenvalue weighted by Crippen LogP contribution is -2.40. The Morgan fingerprint density at radius 3 is 2.38 bits per heavy atom. The first kappa shape index (κ1) is 13.5. The summed E-state index contributed by atoms with van der Waals surface area (Å²) in [5, 5.41) is 8.78. The van der Waals surface area contributed by atoms with Crippen molar-refractivity contribution in [3.05, 3.63) is 0 Å². The van der Waals surface area contributed by atoms with Crippen molar-refractivity contribution in [1.82, 2.24) is 4.90 Å². The third-order valence-corrected chi connectivity index (χ3v) is 3.34. The van der Waals surface area contributed by atoms with E-state index in [0.29, 0.717) is 18.4 Å². The molecule has 1 rings (SSSR count). The first-order chi connectivity index (χ1) is 7.59. The minimum Gasteiger partial charge on any atom is -0.481 e. The van der Waals surface area contributed by atoms with Crippen LogP contribution in [0.25, 0.3) is 0 Å². The van der Waals surface area contributed by atoms with E-state index in [1.54, 1.807) is 0 Å². The minimum atomic E-state index is -0.661. The highest BCUT2D eigenvalue weighted by atomic mass is 16.4. The van der Waals surface area contributed by atoms with E-state index in [9.17, 15) is 4.79 Å². The molecule has 0 saturated carbocycles. The molecule has 0 aliphatic carbocycles. The molecule has 1 heterocycles. The lowest BCUT2D eigenvalue weighted by Gasteiger charge is -2.35. The number of hydrogen-bond donors (Lipinski definition) is 1. The fourth-order valence-corrected chi connectivity index (χ4v) is 2.57. The zero-order chi connectivity index (χ0) is 12.0. The van der Waals surface area contributed by atoms with Gasteiger partial charge in [-0.25, -0.2) is 0 Å². The average Bonchev–Trinajstić information content (AvgIpc) is 2.25. The molecule has 0 aromatic heterocycles. The van der Waals surface area contributed by atoms with Crippen molar-refractivity contribution in [2.75, 3.05) is 13.1 Å². The molecule has 16 heavy (non-hydrogen) atoms. The number of piperidine rings is 1. The molecule has 1 atom stereocenters. The van der Waals surface area contributed by atoms with E-state index >= 15 is 0 Å². The second-order valence-corrected chi connectivity index (χ2v) is 5.31. The number of likely N-dealkylation sites (tertiary alicyclic amines) is 1. The van der Waals surface area contributed by atoms with E-state index in [0.717, 1.165) is 25.9 Å². The molecule has 0 amide bonds. The monoisotopic (exact) mass is 227 g/mol. The van der Waals surface area contributed by atoms with Crippen LogP contribution >= 0.6 is 0 Å². The molecule has 1 aliphatic heterocycles. The predicted molar refractivity (Wildman–Crippen MR) is 65.5 cm³/mol. The Bertz CT molecular complexity index is 210. The van der Waals surface area contributed by atoms with E-state index in [4.69, 9.17) is 5.11 Å². The van der Waals surface area contributed by atoms with Gasteiger partial charge in [0, 0.05) is 12.5 Å². The van der Waals surface area contributed by atoms with E-state index in [1.165, 1.54) is 19.3 Å². The van der Waals surface area contributed by atoms with Crippen LogP contribution in [0.1, 0.15) is 52.4 Å². The highest BCUT2D eigenvalue weighted by molar-refractivity contribution is 5.66. The number of carboxylic acids is 1. The van der Waals surface area contributed by atoms with Crippen molar-refractivity contribution in [2.45, 2.75) is 58.4 Å². The molecule has 1 N–H and O–H groups in total. The van der Waals surface area contributed by atoms with Crippen LogP contribution < -0.4 is 0 Å². The Hall–Kier alpha value is -0.570. The van der Waals surface area contributed by atoms with Gasteiger partial charge in [-0.15, -0.1) is 0 Å². The number of carbonyl (C=O) groups is 1. The summed E-state index contributed by atoms with van der Waals surface area (Å²) < 4.78 is 0. The Kier molecular flexibility index (Phi) is 5.81. The molecular formula is C13H25NO2. The summed E-state index contributed by atoms with van der Waals surface area (Å²) in [6.45, 7) is 6.77. The van der Waals surface area contributed by atoms with Gasteiger partial charge >= 0.3 is 5.97 Å². The Labute approximate surface area is 98.8 Å². The van der Waals surface area contributed by atoms with Crippen LogP contribution in [0.4, 0.5) is 0 Å². The topological polar surface area (TPSA) is 40.5 Å². The fourth-order valence-electron chi connectivity index (χ4n) is 2.57. The summed E-state index contributed by atoms with van der Waals surface area (Å²) in [5.41, 5.74) is 0. The van der Waals surface area contributed by atoms with Gasteiger partial charge in [0.2, 0.25) is 0 Å². The maximum atomic E-state index is 10.7. The molecule has 1 fully saturated rings. The van der Waals surface area contributed by atoms with Crippen molar-refractivity contribution in [2.24, 2.45) is 5.92 Å². The van der Waals surface area contributed by atoms with Crippen molar-refractivity contribution in [3.63, 3.8) is 0 Å². The normalized spacial score (nSPS) is 19.9. The van der Waals surface area contributed by atoms with Crippen molar-refractivity contribution in [1.29, 1.82) is 0 Å². The molecule has 3 heteroatoms. The molecule has 0 radical (unpaired) electrons. The molecule has 0 aromatic rings. The largest absolute Gasteiger partial charge is 0.481 e. The molecule has 1 saturated heterocycles. The van der Waals surface area contributed by atoms with Crippen LogP contribution in [0, 0.1) is 5.92 Å². The molecule has 0 aromatic carbocycles. The van der Waals surface area contributed by atoms with Crippen molar-refractivity contribution in [3.8, 4) is 0 Å². The summed E-state index contributed by atoms with van der Waals surface area (Å²) in [6, 6.07) is 0.483. The van der Waals surface area contributed by atoms with Crippen LogP contribution in [0.5, 0.6) is 0 Å². The molecule has 0 bridgehead atoms. The number of carboxylic acid groups (broad SMARTS) is 1. The molecule has 1 aliphatic rings. The number of rotatable bonds is 6. The van der Waals surface area contributed by atoms with Gasteiger partial charge in [-0.2, -0.15) is 0 Å². The van der Waals surface area contributed by atoms with Crippen LogP contribution in [0.2, 0.25) is 0 Å². The zero-order valence-electron chi connectivity index (χ0n) is 10.6. The lowest BCUT2D eigenvalue weighted by molar-refractivity contribution is -0.137. The smallest absolute Gasteiger partial charge is 0.303 e. The molecule has 1 unspecified atom stereocenters. The Balaban J connectivity index is 2.43. The van der Waals surface area contributed by atoms with Crippen LogP contribution in [0.15, 0.2) is 0 Å². The highest BCUT2D eigenvalue weighted by Gasteiger charge is 2.21. The summed E-state index contributed by atoms with van der Waals surface area (Å²) >= 11 is 0. The lowest BCUT2D eigenvalue weighted by atomic mass is 9.96. The van der Waals surface area contributed by atoms with Gasteiger partial charge in [-0.3, -0.25) is 4.79 Å². The Morgan fingerprint density at radius 2 is 1.88 bits per heavy atom. The minimum absolute atomic E-state index is 0.313. The summed E-state index contributed by atoms with van der Waals surface area (Å²) in [7, 11) is 0. The quantitative estimate of drug-likeness (QED) is 0.758. The van der Waals surface area contributed by atoms with Gasteiger partial charge in [0.15, 0.2) is 0 Å². The molecule has 0 spiro atoms.